The number of nitrogens with zero attached hydrogens (tertiary/aromatic N) is 3. The summed E-state index contributed by atoms with van der Waals surface area (Å²) in [5.41, 5.74) is 0. The Labute approximate surface area is 91.1 Å². The van der Waals surface area contributed by atoms with Crippen LogP contribution in [0.5, 0.6) is 0 Å². The van der Waals surface area contributed by atoms with E-state index >= 15 is 0 Å². The number of amidine groups is 1. The molecule has 0 saturated heterocycles. The van der Waals surface area contributed by atoms with E-state index in [1.165, 1.54) is 11.8 Å². The van der Waals surface area contributed by atoms with Crippen molar-refractivity contribution < 1.29 is 0 Å². The molecule has 0 unspecified atom stereocenters. The van der Waals surface area contributed by atoms with Crippen LogP contribution >= 0.6 is 23.1 Å². The summed E-state index contributed by atoms with van der Waals surface area (Å²) in [5.74, 6) is 0. The molecule has 0 fully saturated rings. The fourth-order valence-corrected chi connectivity index (χ4v) is 1.81. The molecule has 74 valence electrons. The Morgan fingerprint density at radius 3 is 3.29 bits per heavy atom. The summed E-state index contributed by atoms with van der Waals surface area (Å²) in [4.78, 5) is 8.36. The molecule has 1 aromatic heterocycles. The van der Waals surface area contributed by atoms with E-state index in [9.17, 15) is 0 Å². The molecule has 0 spiro atoms. The molecule has 0 saturated carbocycles. The van der Waals surface area contributed by atoms with Crippen molar-refractivity contribution in [2.24, 2.45) is 4.99 Å². The van der Waals surface area contributed by atoms with E-state index in [0.29, 0.717) is 11.7 Å². The molecule has 1 rings (SSSR count). The Bertz CT molecular complexity index is 326. The summed E-state index contributed by atoms with van der Waals surface area (Å²) in [6.07, 6.45) is 6.34. The molecule has 0 aliphatic rings. The van der Waals surface area contributed by atoms with Crippen LogP contribution in [0.4, 0.5) is 0 Å². The second-order valence-electron chi connectivity index (χ2n) is 2.30. The van der Waals surface area contributed by atoms with Gasteiger partial charge in [0.05, 0.1) is 5.01 Å². The Morgan fingerprint density at radius 1 is 1.86 bits per heavy atom. The van der Waals surface area contributed by atoms with Gasteiger partial charge in [-0.25, -0.2) is 4.98 Å². The zero-order valence-corrected chi connectivity index (χ0v) is 9.36. The van der Waals surface area contributed by atoms with Gasteiger partial charge >= 0.3 is 0 Å². The zero-order chi connectivity index (χ0) is 10.2. The predicted octanol–water partition coefficient (Wildman–Crippen LogP) is 1.48. The maximum absolute atomic E-state index is 8.39. The lowest BCUT2D eigenvalue weighted by molar-refractivity contribution is 0.949. The third-order valence-corrected chi connectivity index (χ3v) is 2.88. The van der Waals surface area contributed by atoms with Crippen LogP contribution in [-0.4, -0.2) is 23.0 Å². The molecule has 1 N–H and O–H groups in total. The van der Waals surface area contributed by atoms with Crippen LogP contribution in [0.1, 0.15) is 5.01 Å². The van der Waals surface area contributed by atoms with Crippen molar-refractivity contribution >= 4 is 28.3 Å². The van der Waals surface area contributed by atoms with Gasteiger partial charge in [-0.3, -0.25) is 10.3 Å². The maximum Gasteiger partial charge on any atom is 0.183 e. The normalized spacial score (nSPS) is 11.0. The van der Waals surface area contributed by atoms with Crippen molar-refractivity contribution in [3.8, 4) is 6.19 Å². The van der Waals surface area contributed by atoms with Gasteiger partial charge in [-0.15, -0.1) is 11.3 Å². The Hall–Kier alpha value is -1.06. The van der Waals surface area contributed by atoms with Crippen LogP contribution in [0.25, 0.3) is 0 Å². The lowest BCUT2D eigenvalue weighted by Crippen LogP contribution is -2.13. The monoisotopic (exact) mass is 226 g/mol. The van der Waals surface area contributed by atoms with Crippen LogP contribution in [0, 0.1) is 11.5 Å². The summed E-state index contributed by atoms with van der Waals surface area (Å²) in [5, 5.41) is 14.6. The highest BCUT2D eigenvalue weighted by Gasteiger charge is 1.96. The van der Waals surface area contributed by atoms with Gasteiger partial charge < -0.3 is 0 Å². The molecule has 0 bridgehead atoms. The average Bonchev–Trinajstić information content (AvgIpc) is 2.69. The summed E-state index contributed by atoms with van der Waals surface area (Å²) >= 11 is 3.05. The largest absolute Gasteiger partial charge is 0.272 e. The number of hydrogen-bond donors (Lipinski definition) is 1. The van der Waals surface area contributed by atoms with Crippen LogP contribution in [0.3, 0.4) is 0 Å². The fourth-order valence-electron chi connectivity index (χ4n) is 0.832. The molecule has 1 heterocycles. The first-order chi connectivity index (χ1) is 6.86. The van der Waals surface area contributed by atoms with E-state index in [-0.39, 0.29) is 0 Å². The highest BCUT2D eigenvalue weighted by atomic mass is 32.2. The van der Waals surface area contributed by atoms with Gasteiger partial charge in [0.1, 0.15) is 0 Å². The number of thioether (sulfide) groups is 1. The summed E-state index contributed by atoms with van der Waals surface area (Å²) in [7, 11) is 0. The van der Waals surface area contributed by atoms with Gasteiger partial charge in [0.2, 0.25) is 0 Å². The van der Waals surface area contributed by atoms with Gasteiger partial charge in [-0.05, 0) is 6.26 Å². The number of nitriles is 1. The van der Waals surface area contributed by atoms with Crippen molar-refractivity contribution in [2.45, 2.75) is 6.42 Å². The molecule has 0 aromatic carbocycles. The quantitative estimate of drug-likeness (QED) is 0.367. The van der Waals surface area contributed by atoms with Crippen molar-refractivity contribution in [3.63, 3.8) is 0 Å². The topological polar surface area (TPSA) is 61.1 Å². The summed E-state index contributed by atoms with van der Waals surface area (Å²) in [6, 6.07) is 0. The second-order valence-corrected chi connectivity index (χ2v) is 4.08. The molecule has 0 radical (unpaired) electrons. The number of rotatable bonds is 3. The van der Waals surface area contributed by atoms with E-state index in [1.807, 2.05) is 17.8 Å². The molecule has 0 atom stereocenters. The molecule has 14 heavy (non-hydrogen) atoms. The highest BCUT2D eigenvalue weighted by Crippen LogP contribution is 2.05. The van der Waals surface area contributed by atoms with Gasteiger partial charge in [0.15, 0.2) is 11.4 Å². The number of thiazole rings is 1. The third-order valence-electron chi connectivity index (χ3n) is 1.42. The number of aliphatic imine (C=N–C) groups is 1. The first-order valence-corrected chi connectivity index (χ1v) is 6.09. The Kier molecular flexibility index (Phi) is 5.04. The van der Waals surface area contributed by atoms with Crippen LogP contribution in [0.15, 0.2) is 16.6 Å². The van der Waals surface area contributed by atoms with Crippen LogP contribution < -0.4 is 5.32 Å². The maximum atomic E-state index is 8.39. The standard InChI is InChI=1S/C8H10N4S2/c1-13-8(12-6-9)11-3-2-7-10-4-5-14-7/h4-5H,2-3H2,1H3,(H,11,12). The SMILES string of the molecule is CSC(=NCCc1nccs1)NC#N. The predicted molar refractivity (Wildman–Crippen MR) is 60.4 cm³/mol. The minimum Gasteiger partial charge on any atom is -0.272 e. The van der Waals surface area contributed by atoms with E-state index < -0.39 is 0 Å². The molecule has 1 aromatic rings. The summed E-state index contributed by atoms with van der Waals surface area (Å²) in [6.45, 7) is 0.665. The van der Waals surface area contributed by atoms with E-state index in [2.05, 4.69) is 15.3 Å². The van der Waals surface area contributed by atoms with Crippen LogP contribution in [-0.2, 0) is 6.42 Å². The van der Waals surface area contributed by atoms with Gasteiger partial charge in [-0.2, -0.15) is 5.26 Å². The fraction of sp³-hybridized carbons (Fsp3) is 0.375. The highest BCUT2D eigenvalue weighted by molar-refractivity contribution is 8.13. The smallest absolute Gasteiger partial charge is 0.183 e. The molecular weight excluding hydrogens is 216 g/mol. The minimum atomic E-state index is 0.657. The number of nitrogens with one attached hydrogen (secondary N) is 1. The second kappa shape index (κ2) is 6.40. The molecule has 0 aliphatic heterocycles. The zero-order valence-electron chi connectivity index (χ0n) is 7.73. The van der Waals surface area contributed by atoms with E-state index in [4.69, 9.17) is 5.26 Å². The Morgan fingerprint density at radius 2 is 2.71 bits per heavy atom. The van der Waals surface area contributed by atoms with E-state index in [1.54, 1.807) is 17.5 Å². The lowest BCUT2D eigenvalue weighted by atomic mass is 10.4. The number of aromatic nitrogens is 1. The summed E-state index contributed by atoms with van der Waals surface area (Å²) < 4.78 is 0. The molecule has 6 heteroatoms. The minimum absolute atomic E-state index is 0.657. The molecule has 4 nitrogen and oxygen atoms in total. The Balaban J connectivity index is 2.35. The van der Waals surface area contributed by atoms with E-state index in [0.717, 1.165) is 11.4 Å². The first kappa shape index (κ1) is 11.0. The van der Waals surface area contributed by atoms with Gasteiger partial charge in [0, 0.05) is 24.5 Å². The molecular formula is C8H10N4S2. The average molecular weight is 226 g/mol. The van der Waals surface area contributed by atoms with Crippen molar-refractivity contribution in [1.29, 1.82) is 5.26 Å². The third kappa shape index (κ3) is 3.77. The number of hydrogen-bond acceptors (Lipinski definition) is 5. The molecule has 0 aliphatic carbocycles. The van der Waals surface area contributed by atoms with Gasteiger partial charge in [-0.1, -0.05) is 11.8 Å². The van der Waals surface area contributed by atoms with Crippen molar-refractivity contribution in [3.05, 3.63) is 16.6 Å². The van der Waals surface area contributed by atoms with Gasteiger partial charge in [0.25, 0.3) is 0 Å². The lowest BCUT2D eigenvalue weighted by Gasteiger charge is -1.97. The van der Waals surface area contributed by atoms with Crippen LogP contribution in [0.2, 0.25) is 0 Å². The van der Waals surface area contributed by atoms with Crippen molar-refractivity contribution in [2.75, 3.05) is 12.8 Å². The van der Waals surface area contributed by atoms with Crippen molar-refractivity contribution in [1.82, 2.24) is 10.3 Å². The first-order valence-electron chi connectivity index (χ1n) is 3.98. The molecule has 0 amide bonds.